The van der Waals surface area contributed by atoms with Gasteiger partial charge in [0.15, 0.2) is 0 Å². The topological polar surface area (TPSA) is 52.6 Å². The molecule has 0 atom stereocenters. The van der Waals surface area contributed by atoms with E-state index in [0.717, 1.165) is 25.3 Å². The molecule has 0 aromatic heterocycles. The second kappa shape index (κ2) is 16.6. The second-order valence-corrected chi connectivity index (χ2v) is 8.07. The number of rotatable bonds is 17. The third kappa shape index (κ3) is 13.4. The fraction of sp³-hybridized carbons (Fsp3) is 0.680. The third-order valence-electron chi connectivity index (χ3n) is 5.26. The van der Waals surface area contributed by atoms with Gasteiger partial charge in [0.05, 0.1) is 25.0 Å². The summed E-state index contributed by atoms with van der Waals surface area (Å²) in [7, 11) is 0. The molecule has 0 saturated heterocycles. The average Bonchev–Trinajstić information content (AvgIpc) is 2.76. The minimum atomic E-state index is -4.51. The Labute approximate surface area is 189 Å². The Balaban J connectivity index is 2.04. The predicted octanol–water partition coefficient (Wildman–Crippen LogP) is 7.38. The molecular weight excluding hydrogens is 421 g/mol. The average molecular weight is 459 g/mol. The van der Waals surface area contributed by atoms with Gasteiger partial charge in [0, 0.05) is 5.56 Å². The quantitative estimate of drug-likeness (QED) is 0.180. The van der Waals surface area contributed by atoms with Crippen LogP contribution in [0.5, 0.6) is 0 Å². The number of carbonyl (C=O) groups excluding carboxylic acids is 2. The lowest BCUT2D eigenvalue weighted by atomic mass is 10.1. The van der Waals surface area contributed by atoms with Gasteiger partial charge in [0.25, 0.3) is 0 Å². The van der Waals surface area contributed by atoms with Gasteiger partial charge in [-0.2, -0.15) is 13.2 Å². The van der Waals surface area contributed by atoms with Crippen LogP contribution in [0.3, 0.4) is 0 Å². The first-order valence-corrected chi connectivity index (χ1v) is 11.8. The molecule has 0 N–H and O–H groups in total. The maximum Gasteiger partial charge on any atom is 0.416 e. The van der Waals surface area contributed by atoms with Gasteiger partial charge in [0.1, 0.15) is 6.61 Å². The molecule has 1 aromatic carbocycles. The highest BCUT2D eigenvalue weighted by Crippen LogP contribution is 2.32. The number of hydrogen-bond acceptors (Lipinski definition) is 4. The first kappa shape index (κ1) is 28.0. The Morgan fingerprint density at radius 1 is 0.750 bits per heavy atom. The maximum atomic E-state index is 12.9. The van der Waals surface area contributed by atoms with Crippen LogP contribution in [-0.2, 0) is 31.8 Å². The van der Waals surface area contributed by atoms with Crippen molar-refractivity contribution in [2.75, 3.05) is 6.61 Å². The van der Waals surface area contributed by atoms with Gasteiger partial charge in [-0.1, -0.05) is 89.3 Å². The minimum absolute atomic E-state index is 0.118. The molecule has 0 aliphatic heterocycles. The van der Waals surface area contributed by atoms with Crippen LogP contribution < -0.4 is 0 Å². The first-order valence-electron chi connectivity index (χ1n) is 11.8. The van der Waals surface area contributed by atoms with Gasteiger partial charge in [-0.3, -0.25) is 9.59 Å². The summed E-state index contributed by atoms with van der Waals surface area (Å²) in [6, 6.07) is 4.93. The molecular formula is C25H37F3O4. The van der Waals surface area contributed by atoms with Crippen molar-refractivity contribution in [3.63, 3.8) is 0 Å². The number of benzene rings is 1. The Bertz CT molecular complexity index is 659. The molecule has 0 spiro atoms. The lowest BCUT2D eigenvalue weighted by Crippen LogP contribution is -2.13. The van der Waals surface area contributed by atoms with Crippen molar-refractivity contribution in [2.24, 2.45) is 0 Å². The SMILES string of the molecule is CCCCCCCCCCCCCOC(=O)CCC(=O)OCc1ccccc1C(F)(F)F. The molecule has 1 rings (SSSR count). The van der Waals surface area contributed by atoms with E-state index in [-0.39, 0.29) is 18.4 Å². The molecule has 0 fully saturated rings. The van der Waals surface area contributed by atoms with E-state index in [9.17, 15) is 22.8 Å². The van der Waals surface area contributed by atoms with Gasteiger partial charge < -0.3 is 9.47 Å². The van der Waals surface area contributed by atoms with Crippen molar-refractivity contribution in [1.29, 1.82) is 0 Å². The molecule has 0 aliphatic carbocycles. The predicted molar refractivity (Wildman–Crippen MR) is 118 cm³/mol. The molecule has 32 heavy (non-hydrogen) atoms. The fourth-order valence-corrected chi connectivity index (χ4v) is 3.38. The molecule has 0 aliphatic rings. The van der Waals surface area contributed by atoms with E-state index in [2.05, 4.69) is 6.92 Å². The van der Waals surface area contributed by atoms with Crippen LogP contribution >= 0.6 is 0 Å². The van der Waals surface area contributed by atoms with Crippen LogP contribution in [0.1, 0.15) is 102 Å². The highest BCUT2D eigenvalue weighted by molar-refractivity contribution is 5.77. The Hall–Kier alpha value is -2.05. The lowest BCUT2D eigenvalue weighted by Gasteiger charge is -2.12. The summed E-state index contributed by atoms with van der Waals surface area (Å²) in [6.07, 6.45) is 8.38. The van der Waals surface area contributed by atoms with Crippen molar-refractivity contribution in [1.82, 2.24) is 0 Å². The van der Waals surface area contributed by atoms with Crippen LogP contribution in [-0.4, -0.2) is 18.5 Å². The van der Waals surface area contributed by atoms with E-state index in [0.29, 0.717) is 6.61 Å². The molecule has 0 amide bonds. The summed E-state index contributed by atoms with van der Waals surface area (Å²) >= 11 is 0. The highest BCUT2D eigenvalue weighted by Gasteiger charge is 2.33. The number of carbonyl (C=O) groups is 2. The minimum Gasteiger partial charge on any atom is -0.466 e. The van der Waals surface area contributed by atoms with Crippen molar-refractivity contribution >= 4 is 11.9 Å². The summed E-state index contributed by atoms with van der Waals surface area (Å²) in [4.78, 5) is 23.5. The van der Waals surface area contributed by atoms with Crippen molar-refractivity contribution in [2.45, 2.75) is 103 Å². The monoisotopic (exact) mass is 458 g/mol. The Morgan fingerprint density at radius 2 is 1.25 bits per heavy atom. The van der Waals surface area contributed by atoms with Crippen LogP contribution in [0.2, 0.25) is 0 Å². The van der Waals surface area contributed by atoms with Gasteiger partial charge in [-0.05, 0) is 12.5 Å². The van der Waals surface area contributed by atoms with E-state index in [1.165, 1.54) is 69.6 Å². The van der Waals surface area contributed by atoms with Crippen LogP contribution in [0.25, 0.3) is 0 Å². The van der Waals surface area contributed by atoms with E-state index in [1.807, 2.05) is 0 Å². The Kier molecular flexibility index (Phi) is 14.5. The molecule has 182 valence electrons. The zero-order valence-corrected chi connectivity index (χ0v) is 19.2. The number of hydrogen-bond donors (Lipinski definition) is 0. The fourth-order valence-electron chi connectivity index (χ4n) is 3.38. The second-order valence-electron chi connectivity index (χ2n) is 8.07. The lowest BCUT2D eigenvalue weighted by molar-refractivity contribution is -0.152. The van der Waals surface area contributed by atoms with Gasteiger partial charge in [-0.25, -0.2) is 0 Å². The summed E-state index contributed by atoms with van der Waals surface area (Å²) < 4.78 is 48.8. The standard InChI is InChI=1S/C25H37F3O4/c1-2-3-4-5-6-7-8-9-10-11-14-19-31-23(29)17-18-24(30)32-20-21-15-12-13-16-22(21)25(26,27)28/h12-13,15-16H,2-11,14,17-20H2,1H3. The number of ether oxygens (including phenoxy) is 2. The summed E-state index contributed by atoms with van der Waals surface area (Å²) in [5, 5.41) is 0. The zero-order chi connectivity index (χ0) is 23.7. The maximum absolute atomic E-state index is 12.9. The molecule has 0 bridgehead atoms. The molecule has 1 aromatic rings. The van der Waals surface area contributed by atoms with E-state index < -0.39 is 30.3 Å². The van der Waals surface area contributed by atoms with Crippen LogP contribution in [0, 0.1) is 0 Å². The van der Waals surface area contributed by atoms with Gasteiger partial charge in [0.2, 0.25) is 0 Å². The van der Waals surface area contributed by atoms with E-state index in [1.54, 1.807) is 0 Å². The number of esters is 2. The summed E-state index contributed by atoms with van der Waals surface area (Å²) in [5.41, 5.74) is -0.952. The highest BCUT2D eigenvalue weighted by atomic mass is 19.4. The van der Waals surface area contributed by atoms with Crippen LogP contribution in [0.15, 0.2) is 24.3 Å². The molecule has 0 heterocycles. The van der Waals surface area contributed by atoms with Crippen molar-refractivity contribution in [3.05, 3.63) is 35.4 Å². The molecule has 0 saturated carbocycles. The van der Waals surface area contributed by atoms with E-state index >= 15 is 0 Å². The smallest absolute Gasteiger partial charge is 0.416 e. The zero-order valence-electron chi connectivity index (χ0n) is 19.2. The third-order valence-corrected chi connectivity index (χ3v) is 5.26. The molecule has 0 radical (unpaired) electrons. The number of halogens is 3. The molecule has 7 heteroatoms. The number of unbranched alkanes of at least 4 members (excludes halogenated alkanes) is 10. The van der Waals surface area contributed by atoms with Crippen molar-refractivity contribution in [3.8, 4) is 0 Å². The number of alkyl halides is 3. The Morgan fingerprint density at radius 3 is 1.81 bits per heavy atom. The normalized spacial score (nSPS) is 11.4. The molecule has 4 nitrogen and oxygen atoms in total. The van der Waals surface area contributed by atoms with Crippen molar-refractivity contribution < 1.29 is 32.2 Å². The summed E-state index contributed by atoms with van der Waals surface area (Å²) in [6.45, 7) is 2.06. The summed E-state index contributed by atoms with van der Waals surface area (Å²) in [5.74, 6) is -1.22. The first-order chi connectivity index (χ1) is 15.3. The van der Waals surface area contributed by atoms with E-state index in [4.69, 9.17) is 9.47 Å². The van der Waals surface area contributed by atoms with Gasteiger partial charge >= 0.3 is 18.1 Å². The molecule has 0 unspecified atom stereocenters. The largest absolute Gasteiger partial charge is 0.466 e. The van der Waals surface area contributed by atoms with Gasteiger partial charge in [-0.15, -0.1) is 0 Å². The van der Waals surface area contributed by atoms with Crippen LogP contribution in [0.4, 0.5) is 13.2 Å².